The summed E-state index contributed by atoms with van der Waals surface area (Å²) in [6, 6.07) is 26.6. The molecule has 0 amide bonds. The fourth-order valence-electron chi connectivity index (χ4n) is 4.27. The van der Waals surface area contributed by atoms with Crippen molar-refractivity contribution >= 4 is 29.9 Å². The number of hydrogen-bond donors (Lipinski definition) is 1. The fourth-order valence-corrected chi connectivity index (χ4v) is 4.40. The highest BCUT2D eigenvalue weighted by molar-refractivity contribution is 6.63. The smallest absolute Gasteiger partial charge is 0.457 e. The van der Waals surface area contributed by atoms with Crippen molar-refractivity contribution < 1.29 is 28.5 Å². The average Bonchev–Trinajstić information content (AvgIpc) is 3.16. The Morgan fingerprint density at radius 3 is 2.05 bits per heavy atom. The van der Waals surface area contributed by atoms with Crippen LogP contribution in [0.3, 0.4) is 0 Å². The van der Waals surface area contributed by atoms with Crippen LogP contribution in [-0.4, -0.2) is 28.4 Å². The van der Waals surface area contributed by atoms with Crippen molar-refractivity contribution in [1.29, 1.82) is 0 Å². The molecular formula is C32H32BClFNO6. The Bertz CT molecular complexity index is 1530. The molecule has 0 radical (unpaired) electrons. The van der Waals surface area contributed by atoms with E-state index in [0.717, 1.165) is 0 Å². The molecule has 0 spiro atoms. The van der Waals surface area contributed by atoms with E-state index in [1.54, 1.807) is 67.6 Å². The molecule has 42 heavy (non-hydrogen) atoms. The van der Waals surface area contributed by atoms with Crippen molar-refractivity contribution in [3.05, 3.63) is 129 Å². The summed E-state index contributed by atoms with van der Waals surface area (Å²) in [5, 5.41) is 22.6. The minimum absolute atomic E-state index is 0.0908. The van der Waals surface area contributed by atoms with Crippen molar-refractivity contribution in [3.8, 4) is 11.5 Å². The van der Waals surface area contributed by atoms with E-state index in [4.69, 9.17) is 25.6 Å². The molecule has 10 heteroatoms. The summed E-state index contributed by atoms with van der Waals surface area (Å²) in [7, 11) is -0.795. The Balaban J connectivity index is 0.000000208. The van der Waals surface area contributed by atoms with Crippen molar-refractivity contribution in [2.75, 3.05) is 0 Å². The van der Waals surface area contributed by atoms with Crippen molar-refractivity contribution in [2.45, 2.75) is 51.4 Å². The van der Waals surface area contributed by atoms with Gasteiger partial charge in [0, 0.05) is 5.02 Å². The van der Waals surface area contributed by atoms with Gasteiger partial charge in [-0.25, -0.2) is 4.39 Å². The molecule has 1 atom stereocenters. The van der Waals surface area contributed by atoms with Gasteiger partial charge in [-0.15, -0.1) is 0 Å². The molecule has 0 aromatic heterocycles. The first kappa shape index (κ1) is 31.2. The van der Waals surface area contributed by atoms with Gasteiger partial charge in [0.1, 0.15) is 22.9 Å². The van der Waals surface area contributed by atoms with Crippen molar-refractivity contribution in [1.82, 2.24) is 0 Å². The van der Waals surface area contributed by atoms with Crippen molar-refractivity contribution in [2.24, 2.45) is 0 Å². The lowest BCUT2D eigenvalue weighted by molar-refractivity contribution is -0.383. The van der Waals surface area contributed by atoms with Gasteiger partial charge < -0.3 is 19.2 Å². The zero-order valence-electron chi connectivity index (χ0n) is 24.0. The van der Waals surface area contributed by atoms with E-state index in [9.17, 15) is 19.6 Å². The number of benzene rings is 4. The molecule has 4 aromatic rings. The highest BCUT2D eigenvalue weighted by atomic mass is 35.5. The maximum Gasteiger partial charge on any atom is 0.501 e. The number of para-hydroxylation sites is 1. The normalized spacial score (nSPS) is 16.6. The summed E-state index contributed by atoms with van der Waals surface area (Å²) in [6.45, 7) is 9.26. The lowest BCUT2D eigenvalue weighted by Crippen LogP contribution is -2.41. The zero-order chi connectivity index (χ0) is 30.7. The standard InChI is InChI=1S/C18H20BNO5.C14H12ClFO/c1-17(2)18(3,4)25-19(24-17)15-11-10-14(12-16(15)20(21)22)23-13-8-6-5-7-9-13;1-14(17,10-5-7-12(15)8-6-10)11-3-2-4-13(16)9-11/h5-12H,1-4H3;2-9,17H,1H3. The third-order valence-corrected chi connectivity index (χ3v) is 7.73. The number of hydrogen-bond acceptors (Lipinski definition) is 6. The quantitative estimate of drug-likeness (QED) is 0.143. The first-order valence-electron chi connectivity index (χ1n) is 13.3. The van der Waals surface area contributed by atoms with Crippen LogP contribution in [0.25, 0.3) is 0 Å². The molecule has 1 fully saturated rings. The van der Waals surface area contributed by atoms with Crippen LogP contribution in [0.1, 0.15) is 45.7 Å². The first-order valence-corrected chi connectivity index (χ1v) is 13.7. The Hall–Kier alpha value is -3.76. The van der Waals surface area contributed by atoms with E-state index in [-0.39, 0.29) is 11.5 Å². The van der Waals surface area contributed by atoms with Gasteiger partial charge in [-0.3, -0.25) is 10.1 Å². The van der Waals surface area contributed by atoms with Gasteiger partial charge in [0.25, 0.3) is 5.69 Å². The van der Waals surface area contributed by atoms with Crippen LogP contribution in [-0.2, 0) is 14.9 Å². The molecule has 0 bridgehead atoms. The van der Waals surface area contributed by atoms with Crippen LogP contribution in [0, 0.1) is 15.9 Å². The summed E-state index contributed by atoms with van der Waals surface area (Å²) >= 11 is 5.79. The van der Waals surface area contributed by atoms with Gasteiger partial charge in [-0.2, -0.15) is 0 Å². The second kappa shape index (κ2) is 12.2. The molecule has 0 aliphatic carbocycles. The molecule has 218 valence electrons. The Kier molecular flexibility index (Phi) is 9.08. The molecular weight excluding hydrogens is 560 g/mol. The molecule has 5 rings (SSSR count). The number of rotatable bonds is 6. The number of ether oxygens (including phenoxy) is 1. The van der Waals surface area contributed by atoms with Gasteiger partial charge >= 0.3 is 7.12 Å². The van der Waals surface area contributed by atoms with Gasteiger partial charge in [-0.1, -0.05) is 60.1 Å². The topological polar surface area (TPSA) is 91.1 Å². The summed E-state index contributed by atoms with van der Waals surface area (Å²) in [5.74, 6) is 0.634. The van der Waals surface area contributed by atoms with Crippen LogP contribution in [0.15, 0.2) is 97.1 Å². The molecule has 1 unspecified atom stereocenters. The molecule has 1 saturated heterocycles. The van der Waals surface area contributed by atoms with E-state index >= 15 is 0 Å². The molecule has 1 N–H and O–H groups in total. The second-order valence-corrected chi connectivity index (χ2v) is 11.5. The molecule has 7 nitrogen and oxygen atoms in total. The molecule has 1 aliphatic rings. The van der Waals surface area contributed by atoms with Crippen molar-refractivity contribution in [3.63, 3.8) is 0 Å². The molecule has 4 aromatic carbocycles. The maximum atomic E-state index is 13.1. The largest absolute Gasteiger partial charge is 0.501 e. The number of nitrogens with zero attached hydrogens (tertiary/aromatic N) is 1. The van der Waals surface area contributed by atoms with Gasteiger partial charge in [0.05, 0.1) is 27.7 Å². The minimum atomic E-state index is -1.23. The molecule has 1 aliphatic heterocycles. The summed E-state index contributed by atoms with van der Waals surface area (Å²) in [6.07, 6.45) is 0. The van der Waals surface area contributed by atoms with Gasteiger partial charge in [0.2, 0.25) is 0 Å². The third kappa shape index (κ3) is 6.99. The highest BCUT2D eigenvalue weighted by Crippen LogP contribution is 2.37. The van der Waals surface area contributed by atoms with E-state index in [1.807, 2.05) is 45.9 Å². The third-order valence-electron chi connectivity index (χ3n) is 7.48. The number of nitro benzene ring substituents is 1. The fraction of sp³-hybridized carbons (Fsp3) is 0.250. The predicted octanol–water partition coefficient (Wildman–Crippen LogP) is 7.42. The van der Waals surface area contributed by atoms with E-state index in [2.05, 4.69) is 0 Å². The number of halogens is 2. The summed E-state index contributed by atoms with van der Waals surface area (Å²) in [4.78, 5) is 11.1. The maximum absolute atomic E-state index is 13.1. The second-order valence-electron chi connectivity index (χ2n) is 11.1. The van der Waals surface area contributed by atoms with Crippen LogP contribution in [0.5, 0.6) is 11.5 Å². The number of nitro groups is 1. The van der Waals surface area contributed by atoms with E-state index < -0.39 is 28.8 Å². The summed E-state index contributed by atoms with van der Waals surface area (Å²) < 4.78 is 30.7. The predicted molar refractivity (Wildman–Crippen MR) is 162 cm³/mol. The average molecular weight is 592 g/mol. The van der Waals surface area contributed by atoms with Crippen LogP contribution < -0.4 is 10.2 Å². The monoisotopic (exact) mass is 591 g/mol. The Morgan fingerprint density at radius 1 is 0.857 bits per heavy atom. The molecule has 0 saturated carbocycles. The Labute approximate surface area is 250 Å². The lowest BCUT2D eigenvalue weighted by atomic mass is 9.78. The molecule has 1 heterocycles. The summed E-state index contributed by atoms with van der Waals surface area (Å²) in [5.41, 5.74) is -0.884. The zero-order valence-corrected chi connectivity index (χ0v) is 24.8. The lowest BCUT2D eigenvalue weighted by Gasteiger charge is -2.32. The highest BCUT2D eigenvalue weighted by Gasteiger charge is 2.53. The van der Waals surface area contributed by atoms with Gasteiger partial charge in [0.15, 0.2) is 0 Å². The van der Waals surface area contributed by atoms with Crippen LogP contribution in [0.4, 0.5) is 10.1 Å². The Morgan fingerprint density at radius 2 is 1.48 bits per heavy atom. The SMILES string of the molecule is CC(O)(c1ccc(Cl)cc1)c1cccc(F)c1.CC1(C)OB(c2ccc(Oc3ccccc3)cc2[N+](=O)[O-])OC1(C)C. The van der Waals surface area contributed by atoms with E-state index in [0.29, 0.717) is 33.1 Å². The van der Waals surface area contributed by atoms with Crippen LogP contribution >= 0.6 is 11.6 Å². The number of aliphatic hydroxyl groups is 1. The van der Waals surface area contributed by atoms with Gasteiger partial charge in [-0.05, 0) is 88.2 Å². The van der Waals surface area contributed by atoms with E-state index in [1.165, 1.54) is 18.2 Å². The first-order chi connectivity index (χ1) is 19.7. The van der Waals surface area contributed by atoms with Crippen LogP contribution in [0.2, 0.25) is 5.02 Å². The minimum Gasteiger partial charge on any atom is -0.457 e.